The monoisotopic (exact) mass is 251 g/mol. The number of rotatable bonds is 4. The molecule has 0 amide bonds. The molecule has 18 heavy (non-hydrogen) atoms. The standard InChI is InChI=1S/C13H17NO4/c1-13(2,3)8-12(15)18-9-10-4-6-11(7-5-10)14(16)17/h4-7H,8-9H2,1-3H3. The van der Waals surface area contributed by atoms with E-state index < -0.39 is 4.92 Å². The van der Waals surface area contributed by atoms with Crippen molar-refractivity contribution in [2.75, 3.05) is 0 Å². The molecule has 0 aliphatic rings. The predicted octanol–water partition coefficient (Wildman–Crippen LogP) is 3.07. The molecule has 0 saturated carbocycles. The molecular formula is C13H17NO4. The third kappa shape index (κ3) is 4.95. The van der Waals surface area contributed by atoms with Crippen LogP contribution in [0.3, 0.4) is 0 Å². The quantitative estimate of drug-likeness (QED) is 0.468. The van der Waals surface area contributed by atoms with Crippen molar-refractivity contribution in [3.8, 4) is 0 Å². The van der Waals surface area contributed by atoms with Crippen LogP contribution in [0.15, 0.2) is 24.3 Å². The molecule has 0 atom stereocenters. The van der Waals surface area contributed by atoms with Crippen molar-refractivity contribution in [2.24, 2.45) is 5.41 Å². The summed E-state index contributed by atoms with van der Waals surface area (Å²) in [5.41, 5.74) is 0.662. The van der Waals surface area contributed by atoms with E-state index in [-0.39, 0.29) is 23.7 Å². The van der Waals surface area contributed by atoms with Crippen LogP contribution in [0, 0.1) is 15.5 Å². The largest absolute Gasteiger partial charge is 0.461 e. The van der Waals surface area contributed by atoms with Crippen molar-refractivity contribution >= 4 is 11.7 Å². The Morgan fingerprint density at radius 1 is 1.28 bits per heavy atom. The van der Waals surface area contributed by atoms with Crippen molar-refractivity contribution in [1.82, 2.24) is 0 Å². The fraction of sp³-hybridized carbons (Fsp3) is 0.462. The molecule has 0 aliphatic carbocycles. The Kier molecular flexibility index (Phi) is 4.42. The number of benzene rings is 1. The number of nitro benzene ring substituents is 1. The van der Waals surface area contributed by atoms with Crippen LogP contribution in [-0.4, -0.2) is 10.9 Å². The maximum Gasteiger partial charge on any atom is 0.306 e. The molecule has 0 aromatic heterocycles. The summed E-state index contributed by atoms with van der Waals surface area (Å²) in [7, 11) is 0. The minimum atomic E-state index is -0.463. The Labute approximate surface area is 106 Å². The summed E-state index contributed by atoms with van der Waals surface area (Å²) in [6.07, 6.45) is 0.347. The number of carbonyl (C=O) groups is 1. The van der Waals surface area contributed by atoms with Crippen molar-refractivity contribution in [3.63, 3.8) is 0 Å². The summed E-state index contributed by atoms with van der Waals surface area (Å²) in [4.78, 5) is 21.5. The number of ether oxygens (including phenoxy) is 1. The van der Waals surface area contributed by atoms with Gasteiger partial charge in [0.2, 0.25) is 0 Å². The van der Waals surface area contributed by atoms with Crippen LogP contribution >= 0.6 is 0 Å². The van der Waals surface area contributed by atoms with Gasteiger partial charge in [-0.25, -0.2) is 0 Å². The molecule has 1 rings (SSSR count). The molecule has 0 fully saturated rings. The minimum Gasteiger partial charge on any atom is -0.461 e. The third-order valence-corrected chi connectivity index (χ3v) is 2.22. The lowest BCUT2D eigenvalue weighted by molar-refractivity contribution is -0.384. The molecule has 5 nitrogen and oxygen atoms in total. The fourth-order valence-electron chi connectivity index (χ4n) is 1.36. The highest BCUT2D eigenvalue weighted by Gasteiger charge is 2.17. The minimum absolute atomic E-state index is 0.0276. The highest BCUT2D eigenvalue weighted by atomic mass is 16.6. The van der Waals surface area contributed by atoms with Crippen molar-refractivity contribution in [1.29, 1.82) is 0 Å². The Morgan fingerprint density at radius 3 is 2.28 bits per heavy atom. The number of hydrogen-bond donors (Lipinski definition) is 0. The van der Waals surface area contributed by atoms with E-state index >= 15 is 0 Å². The number of carbonyl (C=O) groups excluding carboxylic acids is 1. The lowest BCUT2D eigenvalue weighted by atomic mass is 9.92. The van der Waals surface area contributed by atoms with Gasteiger partial charge in [-0.3, -0.25) is 14.9 Å². The molecule has 1 aromatic rings. The van der Waals surface area contributed by atoms with Crippen molar-refractivity contribution < 1.29 is 14.5 Å². The van der Waals surface area contributed by atoms with Gasteiger partial charge in [-0.05, 0) is 23.1 Å². The van der Waals surface area contributed by atoms with Crippen LogP contribution in [0.2, 0.25) is 0 Å². The van der Waals surface area contributed by atoms with Crippen LogP contribution in [0.4, 0.5) is 5.69 Å². The first-order valence-electron chi connectivity index (χ1n) is 5.67. The van der Waals surface area contributed by atoms with Crippen LogP contribution in [0.1, 0.15) is 32.8 Å². The number of nitrogens with zero attached hydrogens (tertiary/aromatic N) is 1. The molecular weight excluding hydrogens is 234 g/mol. The molecule has 0 saturated heterocycles. The second-order valence-electron chi connectivity index (χ2n) is 5.32. The van der Waals surface area contributed by atoms with Crippen LogP contribution in [0.5, 0.6) is 0 Å². The maximum atomic E-state index is 11.5. The second kappa shape index (κ2) is 5.62. The van der Waals surface area contributed by atoms with Gasteiger partial charge in [0.25, 0.3) is 5.69 Å². The van der Waals surface area contributed by atoms with Crippen molar-refractivity contribution in [3.05, 3.63) is 39.9 Å². The number of non-ortho nitro benzene ring substituents is 1. The molecule has 98 valence electrons. The summed E-state index contributed by atoms with van der Waals surface area (Å²) in [6, 6.07) is 5.96. The van der Waals surface area contributed by atoms with E-state index in [0.717, 1.165) is 5.56 Å². The Bertz CT molecular complexity index is 431. The predicted molar refractivity (Wildman–Crippen MR) is 67.0 cm³/mol. The van der Waals surface area contributed by atoms with Gasteiger partial charge in [-0.2, -0.15) is 0 Å². The molecule has 0 unspecified atom stereocenters. The molecule has 1 aromatic carbocycles. The van der Waals surface area contributed by atoms with E-state index in [1.807, 2.05) is 20.8 Å². The topological polar surface area (TPSA) is 69.4 Å². The van der Waals surface area contributed by atoms with Gasteiger partial charge in [0.1, 0.15) is 6.61 Å². The maximum absolute atomic E-state index is 11.5. The Morgan fingerprint density at radius 2 is 1.83 bits per heavy atom. The summed E-state index contributed by atoms with van der Waals surface area (Å²) < 4.78 is 5.10. The van der Waals surface area contributed by atoms with E-state index in [0.29, 0.717) is 6.42 Å². The first-order chi connectivity index (χ1) is 8.28. The van der Waals surface area contributed by atoms with E-state index in [9.17, 15) is 14.9 Å². The smallest absolute Gasteiger partial charge is 0.306 e. The first kappa shape index (κ1) is 14.2. The second-order valence-corrected chi connectivity index (χ2v) is 5.32. The molecule has 0 bridgehead atoms. The van der Waals surface area contributed by atoms with E-state index in [4.69, 9.17) is 4.74 Å². The van der Waals surface area contributed by atoms with Crippen LogP contribution < -0.4 is 0 Å². The average Bonchev–Trinajstić information content (AvgIpc) is 2.24. The molecule has 0 aliphatic heterocycles. The molecule has 0 spiro atoms. The summed E-state index contributed by atoms with van der Waals surface area (Å²) >= 11 is 0. The first-order valence-corrected chi connectivity index (χ1v) is 5.67. The summed E-state index contributed by atoms with van der Waals surface area (Å²) in [5, 5.41) is 10.5. The van der Waals surface area contributed by atoms with Crippen LogP contribution in [-0.2, 0) is 16.1 Å². The lowest BCUT2D eigenvalue weighted by Gasteiger charge is -2.16. The Balaban J connectivity index is 2.49. The third-order valence-electron chi connectivity index (χ3n) is 2.22. The number of esters is 1. The number of hydrogen-bond acceptors (Lipinski definition) is 4. The van der Waals surface area contributed by atoms with Gasteiger partial charge >= 0.3 is 5.97 Å². The summed E-state index contributed by atoms with van der Waals surface area (Å²) in [6.45, 7) is 6.02. The van der Waals surface area contributed by atoms with Gasteiger partial charge in [-0.1, -0.05) is 20.8 Å². The van der Waals surface area contributed by atoms with Gasteiger partial charge in [-0.15, -0.1) is 0 Å². The highest BCUT2D eigenvalue weighted by molar-refractivity contribution is 5.70. The Hall–Kier alpha value is -1.91. The van der Waals surface area contributed by atoms with Gasteiger partial charge in [0.05, 0.1) is 11.3 Å². The lowest BCUT2D eigenvalue weighted by Crippen LogP contribution is -2.15. The SMILES string of the molecule is CC(C)(C)CC(=O)OCc1ccc([N+](=O)[O-])cc1. The van der Waals surface area contributed by atoms with E-state index in [1.165, 1.54) is 12.1 Å². The van der Waals surface area contributed by atoms with Gasteiger partial charge < -0.3 is 4.74 Å². The molecule has 0 N–H and O–H groups in total. The van der Waals surface area contributed by atoms with Gasteiger partial charge in [0.15, 0.2) is 0 Å². The number of nitro groups is 1. The zero-order valence-corrected chi connectivity index (χ0v) is 10.8. The van der Waals surface area contributed by atoms with Crippen LogP contribution in [0.25, 0.3) is 0 Å². The fourth-order valence-corrected chi connectivity index (χ4v) is 1.36. The van der Waals surface area contributed by atoms with E-state index in [1.54, 1.807) is 12.1 Å². The molecule has 0 radical (unpaired) electrons. The zero-order chi connectivity index (χ0) is 13.8. The molecule has 5 heteroatoms. The molecule has 0 heterocycles. The van der Waals surface area contributed by atoms with Crippen molar-refractivity contribution in [2.45, 2.75) is 33.8 Å². The highest BCUT2D eigenvalue weighted by Crippen LogP contribution is 2.19. The average molecular weight is 251 g/mol. The van der Waals surface area contributed by atoms with E-state index in [2.05, 4.69) is 0 Å². The zero-order valence-electron chi connectivity index (χ0n) is 10.8. The van der Waals surface area contributed by atoms with Gasteiger partial charge in [0, 0.05) is 12.1 Å². The normalized spacial score (nSPS) is 11.1. The summed E-state index contributed by atoms with van der Waals surface area (Å²) in [5.74, 6) is -0.263.